The van der Waals surface area contributed by atoms with Gasteiger partial charge in [-0.25, -0.2) is 0 Å². The minimum absolute atomic E-state index is 0.0815. The van der Waals surface area contributed by atoms with Crippen molar-refractivity contribution in [3.05, 3.63) is 11.9 Å². The van der Waals surface area contributed by atoms with Crippen LogP contribution in [0, 0.1) is 5.92 Å². The minimum atomic E-state index is -0.817. The van der Waals surface area contributed by atoms with Crippen LogP contribution in [0.15, 0.2) is 6.20 Å². The van der Waals surface area contributed by atoms with Gasteiger partial charge in [0.1, 0.15) is 0 Å². The Labute approximate surface area is 89.9 Å². The van der Waals surface area contributed by atoms with E-state index in [4.69, 9.17) is 5.11 Å². The fourth-order valence-corrected chi connectivity index (χ4v) is 1.94. The molecule has 2 heterocycles. The summed E-state index contributed by atoms with van der Waals surface area (Å²) in [6, 6.07) is 0. The van der Waals surface area contributed by atoms with Gasteiger partial charge in [0.15, 0.2) is 5.69 Å². The third-order valence-corrected chi connectivity index (χ3v) is 2.77. The first-order valence-corrected chi connectivity index (χ1v) is 5.18. The van der Waals surface area contributed by atoms with Gasteiger partial charge in [-0.2, -0.15) is 8.75 Å². The van der Waals surface area contributed by atoms with Gasteiger partial charge in [0.2, 0.25) is 0 Å². The summed E-state index contributed by atoms with van der Waals surface area (Å²) < 4.78 is 7.57. The number of carboxylic acid groups (broad SMARTS) is 1. The van der Waals surface area contributed by atoms with Crippen LogP contribution in [0.25, 0.3) is 0 Å². The van der Waals surface area contributed by atoms with E-state index in [-0.39, 0.29) is 18.2 Å². The quantitative estimate of drug-likeness (QED) is 0.790. The van der Waals surface area contributed by atoms with Gasteiger partial charge in [-0.05, 0) is 0 Å². The van der Waals surface area contributed by atoms with Crippen molar-refractivity contribution < 1.29 is 14.7 Å². The van der Waals surface area contributed by atoms with Crippen LogP contribution in [0.2, 0.25) is 0 Å². The summed E-state index contributed by atoms with van der Waals surface area (Å²) in [4.78, 5) is 23.6. The van der Waals surface area contributed by atoms with E-state index in [1.165, 1.54) is 6.20 Å². The lowest BCUT2D eigenvalue weighted by atomic mass is 9.96. The molecule has 0 bridgehead atoms. The highest BCUT2D eigenvalue weighted by Crippen LogP contribution is 2.20. The zero-order valence-corrected chi connectivity index (χ0v) is 8.61. The van der Waals surface area contributed by atoms with Crippen molar-refractivity contribution in [1.82, 2.24) is 13.6 Å². The molecular formula is C8H9N3O3S. The van der Waals surface area contributed by atoms with Crippen LogP contribution in [0.5, 0.6) is 0 Å². The van der Waals surface area contributed by atoms with Gasteiger partial charge in [0.25, 0.3) is 5.91 Å². The van der Waals surface area contributed by atoms with E-state index in [1.807, 2.05) is 0 Å². The van der Waals surface area contributed by atoms with Crippen LogP contribution in [0.4, 0.5) is 0 Å². The molecule has 1 aromatic heterocycles. The Hall–Kier alpha value is -1.50. The first kappa shape index (κ1) is 10.0. The van der Waals surface area contributed by atoms with Crippen LogP contribution in [0.3, 0.4) is 0 Å². The number of carbonyl (C=O) groups excluding carboxylic acids is 1. The molecule has 7 heteroatoms. The molecule has 0 unspecified atom stereocenters. The summed E-state index contributed by atoms with van der Waals surface area (Å²) in [5.41, 5.74) is 0.341. The molecule has 80 valence electrons. The number of hydrogen-bond acceptors (Lipinski definition) is 5. The molecule has 1 aliphatic rings. The second-order valence-corrected chi connectivity index (χ2v) is 4.02. The predicted molar refractivity (Wildman–Crippen MR) is 51.6 cm³/mol. The number of carboxylic acids is 1. The van der Waals surface area contributed by atoms with Crippen LogP contribution >= 0.6 is 11.7 Å². The van der Waals surface area contributed by atoms with Gasteiger partial charge in [-0.15, -0.1) is 0 Å². The summed E-state index contributed by atoms with van der Waals surface area (Å²) in [5, 5.41) is 8.53. The highest BCUT2D eigenvalue weighted by atomic mass is 32.1. The van der Waals surface area contributed by atoms with E-state index in [1.54, 1.807) is 4.90 Å². The molecule has 0 radical (unpaired) electrons. The Morgan fingerprint density at radius 3 is 2.87 bits per heavy atom. The SMILES string of the molecule is O=C(O)CC1CN(C(=O)c2cnsn2)C1. The maximum absolute atomic E-state index is 11.6. The lowest BCUT2D eigenvalue weighted by Gasteiger charge is -2.37. The molecule has 6 nitrogen and oxygen atoms in total. The molecule has 1 fully saturated rings. The third-order valence-electron chi connectivity index (χ3n) is 2.29. The maximum atomic E-state index is 11.6. The van der Waals surface area contributed by atoms with Crippen LogP contribution in [-0.2, 0) is 4.79 Å². The van der Waals surface area contributed by atoms with Gasteiger partial charge in [-0.1, -0.05) is 0 Å². The number of hydrogen-bond donors (Lipinski definition) is 1. The summed E-state index contributed by atoms with van der Waals surface area (Å²) in [7, 11) is 0. The average Bonchev–Trinajstić information content (AvgIpc) is 2.61. The molecule has 2 rings (SSSR count). The highest BCUT2D eigenvalue weighted by Gasteiger charge is 2.33. The molecule has 0 aromatic carbocycles. The smallest absolute Gasteiger partial charge is 0.303 e. The molecule has 1 amide bonds. The minimum Gasteiger partial charge on any atom is -0.481 e. The van der Waals surface area contributed by atoms with Gasteiger partial charge in [0.05, 0.1) is 24.3 Å². The third kappa shape index (κ3) is 2.12. The lowest BCUT2D eigenvalue weighted by molar-refractivity contribution is -0.139. The number of aromatic nitrogens is 2. The van der Waals surface area contributed by atoms with Gasteiger partial charge in [0, 0.05) is 19.0 Å². The van der Waals surface area contributed by atoms with Crippen molar-refractivity contribution in [3.8, 4) is 0 Å². The molecule has 15 heavy (non-hydrogen) atoms. The second-order valence-electron chi connectivity index (χ2n) is 3.47. The van der Waals surface area contributed by atoms with Gasteiger partial charge >= 0.3 is 5.97 Å². The summed E-state index contributed by atoms with van der Waals surface area (Å²) in [5.74, 6) is -0.897. The van der Waals surface area contributed by atoms with Crippen LogP contribution in [-0.4, -0.2) is 43.7 Å². The maximum Gasteiger partial charge on any atom is 0.303 e. The molecule has 0 spiro atoms. The Bertz CT molecular complexity index is 372. The van der Waals surface area contributed by atoms with Crippen LogP contribution in [0.1, 0.15) is 16.9 Å². The fourth-order valence-electron chi connectivity index (χ4n) is 1.53. The van der Waals surface area contributed by atoms with E-state index in [0.29, 0.717) is 18.8 Å². The molecule has 1 aliphatic heterocycles. The fraction of sp³-hybridized carbons (Fsp3) is 0.500. The van der Waals surface area contributed by atoms with Crippen LogP contribution < -0.4 is 0 Å². The van der Waals surface area contributed by atoms with E-state index in [0.717, 1.165) is 11.7 Å². The zero-order chi connectivity index (χ0) is 10.8. The molecule has 1 aromatic rings. The number of amides is 1. The van der Waals surface area contributed by atoms with Crippen molar-refractivity contribution in [3.63, 3.8) is 0 Å². The lowest BCUT2D eigenvalue weighted by Crippen LogP contribution is -2.50. The molecule has 0 atom stereocenters. The number of nitrogens with zero attached hydrogens (tertiary/aromatic N) is 3. The van der Waals surface area contributed by atoms with Crippen molar-refractivity contribution in [1.29, 1.82) is 0 Å². The highest BCUT2D eigenvalue weighted by molar-refractivity contribution is 6.99. The molecule has 1 saturated heterocycles. The van der Waals surface area contributed by atoms with E-state index in [9.17, 15) is 9.59 Å². The second kappa shape index (κ2) is 3.93. The number of carbonyl (C=O) groups is 2. The van der Waals surface area contributed by atoms with Crippen molar-refractivity contribution in [2.75, 3.05) is 13.1 Å². The Morgan fingerprint density at radius 1 is 1.60 bits per heavy atom. The predicted octanol–water partition coefficient (Wildman–Crippen LogP) is 0.0848. The summed E-state index contributed by atoms with van der Waals surface area (Å²) in [6.45, 7) is 1.01. The Morgan fingerprint density at radius 2 is 2.33 bits per heavy atom. The molecule has 1 N–H and O–H groups in total. The monoisotopic (exact) mass is 227 g/mol. The Kier molecular flexibility index (Phi) is 2.63. The van der Waals surface area contributed by atoms with Crippen molar-refractivity contribution in [2.24, 2.45) is 5.92 Å². The normalized spacial score (nSPS) is 16.1. The van der Waals surface area contributed by atoms with E-state index in [2.05, 4.69) is 8.75 Å². The van der Waals surface area contributed by atoms with Gasteiger partial charge < -0.3 is 10.0 Å². The van der Waals surface area contributed by atoms with E-state index >= 15 is 0 Å². The first-order chi connectivity index (χ1) is 7.16. The molecule has 0 aliphatic carbocycles. The van der Waals surface area contributed by atoms with Crippen molar-refractivity contribution in [2.45, 2.75) is 6.42 Å². The van der Waals surface area contributed by atoms with Crippen molar-refractivity contribution >= 4 is 23.6 Å². The number of rotatable bonds is 3. The Balaban J connectivity index is 1.85. The summed E-state index contributed by atoms with van der Waals surface area (Å²) >= 11 is 0.990. The topological polar surface area (TPSA) is 83.4 Å². The van der Waals surface area contributed by atoms with E-state index < -0.39 is 5.97 Å². The zero-order valence-electron chi connectivity index (χ0n) is 7.79. The largest absolute Gasteiger partial charge is 0.481 e. The summed E-state index contributed by atoms with van der Waals surface area (Å²) in [6.07, 6.45) is 1.55. The molecular weight excluding hydrogens is 218 g/mol. The number of aliphatic carboxylic acids is 1. The standard InChI is InChI=1S/C8H9N3O3S/c12-7(13)1-5-3-11(4-5)8(14)6-2-9-15-10-6/h2,5H,1,3-4H2,(H,12,13). The van der Waals surface area contributed by atoms with Gasteiger partial charge in [-0.3, -0.25) is 9.59 Å². The molecule has 0 saturated carbocycles. The number of likely N-dealkylation sites (tertiary alicyclic amines) is 1. The average molecular weight is 227 g/mol. The first-order valence-electron chi connectivity index (χ1n) is 4.45.